The summed E-state index contributed by atoms with van der Waals surface area (Å²) in [5, 5.41) is 3.39. The van der Waals surface area contributed by atoms with E-state index in [2.05, 4.69) is 57.5 Å². The number of aryl methyl sites for hydroxylation is 1. The van der Waals surface area contributed by atoms with Gasteiger partial charge in [-0.3, -0.25) is 0 Å². The first-order valence-electron chi connectivity index (χ1n) is 10.4. The Kier molecular flexibility index (Phi) is 7.90. The lowest BCUT2D eigenvalue weighted by Crippen LogP contribution is -2.27. The first kappa shape index (κ1) is 19.6. The SMILES string of the molecule is CN(CCCc1ccccc1)CCNc1nccc(N2CCCCCC2)n1. The lowest BCUT2D eigenvalue weighted by Gasteiger charge is -2.22. The Morgan fingerprint density at radius 1 is 1.00 bits per heavy atom. The normalized spacial score (nSPS) is 15.0. The molecule has 1 aromatic carbocycles. The van der Waals surface area contributed by atoms with Crippen LogP contribution in [-0.2, 0) is 6.42 Å². The van der Waals surface area contributed by atoms with E-state index < -0.39 is 0 Å². The van der Waals surface area contributed by atoms with Crippen molar-refractivity contribution in [3.8, 4) is 0 Å². The average molecular weight is 368 g/mol. The molecular weight excluding hydrogens is 334 g/mol. The fourth-order valence-electron chi connectivity index (χ4n) is 3.58. The van der Waals surface area contributed by atoms with Crippen molar-refractivity contribution in [1.29, 1.82) is 0 Å². The summed E-state index contributed by atoms with van der Waals surface area (Å²) in [7, 11) is 2.18. The predicted molar refractivity (Wildman–Crippen MR) is 113 cm³/mol. The Morgan fingerprint density at radius 3 is 2.56 bits per heavy atom. The van der Waals surface area contributed by atoms with Gasteiger partial charge in [-0.05, 0) is 50.9 Å². The lowest BCUT2D eigenvalue weighted by atomic mass is 10.1. The molecule has 1 aliphatic rings. The van der Waals surface area contributed by atoms with Crippen LogP contribution in [-0.4, -0.2) is 54.6 Å². The van der Waals surface area contributed by atoms with Crippen LogP contribution >= 0.6 is 0 Å². The van der Waals surface area contributed by atoms with Crippen LogP contribution in [0.2, 0.25) is 0 Å². The van der Waals surface area contributed by atoms with Crippen LogP contribution < -0.4 is 10.2 Å². The molecule has 3 rings (SSSR count). The second-order valence-electron chi connectivity index (χ2n) is 7.46. The lowest BCUT2D eigenvalue weighted by molar-refractivity contribution is 0.342. The van der Waals surface area contributed by atoms with E-state index in [4.69, 9.17) is 4.98 Å². The van der Waals surface area contributed by atoms with E-state index in [9.17, 15) is 0 Å². The zero-order valence-corrected chi connectivity index (χ0v) is 16.6. The number of nitrogens with zero attached hydrogens (tertiary/aromatic N) is 4. The number of anilines is 2. The van der Waals surface area contributed by atoms with Gasteiger partial charge in [0, 0.05) is 32.4 Å². The van der Waals surface area contributed by atoms with Crippen LogP contribution in [0, 0.1) is 0 Å². The van der Waals surface area contributed by atoms with Crippen molar-refractivity contribution in [2.75, 3.05) is 50.0 Å². The smallest absolute Gasteiger partial charge is 0.224 e. The summed E-state index contributed by atoms with van der Waals surface area (Å²) in [4.78, 5) is 13.9. The van der Waals surface area contributed by atoms with E-state index in [0.717, 1.165) is 50.9 Å². The number of hydrogen-bond acceptors (Lipinski definition) is 5. The second kappa shape index (κ2) is 10.9. The fraction of sp³-hybridized carbons (Fsp3) is 0.545. The van der Waals surface area contributed by atoms with Gasteiger partial charge < -0.3 is 15.1 Å². The highest BCUT2D eigenvalue weighted by molar-refractivity contribution is 5.42. The number of benzene rings is 1. The maximum Gasteiger partial charge on any atom is 0.224 e. The molecule has 5 nitrogen and oxygen atoms in total. The third-order valence-corrected chi connectivity index (χ3v) is 5.20. The van der Waals surface area contributed by atoms with Gasteiger partial charge in [0.05, 0.1) is 0 Å². The Labute approximate surface area is 163 Å². The molecule has 0 spiro atoms. The predicted octanol–water partition coefficient (Wildman–Crippen LogP) is 3.83. The number of nitrogens with one attached hydrogen (secondary N) is 1. The van der Waals surface area contributed by atoms with Crippen LogP contribution in [0.15, 0.2) is 42.6 Å². The van der Waals surface area contributed by atoms with Gasteiger partial charge in [-0.25, -0.2) is 4.98 Å². The van der Waals surface area contributed by atoms with Crippen LogP contribution in [0.1, 0.15) is 37.7 Å². The number of rotatable bonds is 9. The molecule has 1 aliphatic heterocycles. The minimum Gasteiger partial charge on any atom is -0.356 e. The Hall–Kier alpha value is -2.14. The molecule has 2 aromatic rings. The average Bonchev–Trinajstić information content (AvgIpc) is 2.99. The van der Waals surface area contributed by atoms with E-state index in [0.29, 0.717) is 0 Å². The first-order chi connectivity index (χ1) is 13.3. The monoisotopic (exact) mass is 367 g/mol. The molecule has 0 unspecified atom stereocenters. The van der Waals surface area contributed by atoms with E-state index >= 15 is 0 Å². The van der Waals surface area contributed by atoms with Crippen LogP contribution in [0.5, 0.6) is 0 Å². The van der Waals surface area contributed by atoms with E-state index in [1.54, 1.807) is 0 Å². The summed E-state index contributed by atoms with van der Waals surface area (Å²) in [6.45, 7) is 5.18. The Balaban J connectivity index is 1.37. The third kappa shape index (κ3) is 6.83. The van der Waals surface area contributed by atoms with Crippen molar-refractivity contribution in [1.82, 2.24) is 14.9 Å². The molecule has 1 saturated heterocycles. The third-order valence-electron chi connectivity index (χ3n) is 5.20. The molecule has 1 N–H and O–H groups in total. The van der Waals surface area contributed by atoms with Crippen LogP contribution in [0.25, 0.3) is 0 Å². The molecule has 1 fully saturated rings. The van der Waals surface area contributed by atoms with Crippen molar-refractivity contribution in [3.05, 3.63) is 48.2 Å². The van der Waals surface area contributed by atoms with Crippen LogP contribution in [0.3, 0.4) is 0 Å². The maximum atomic E-state index is 4.72. The Bertz CT molecular complexity index is 653. The molecule has 0 amide bonds. The van der Waals surface area contributed by atoms with Gasteiger partial charge in [-0.15, -0.1) is 0 Å². The van der Waals surface area contributed by atoms with Gasteiger partial charge in [0.2, 0.25) is 5.95 Å². The van der Waals surface area contributed by atoms with Crippen molar-refractivity contribution < 1.29 is 0 Å². The van der Waals surface area contributed by atoms with Crippen LogP contribution in [0.4, 0.5) is 11.8 Å². The van der Waals surface area contributed by atoms with Gasteiger partial charge in [0.15, 0.2) is 0 Å². The van der Waals surface area contributed by atoms with Gasteiger partial charge in [0.25, 0.3) is 0 Å². The molecule has 0 aliphatic carbocycles. The highest BCUT2D eigenvalue weighted by Gasteiger charge is 2.11. The standard InChI is InChI=1S/C22H33N5/c1-26(16-9-12-20-10-5-4-6-11-20)19-15-24-22-23-14-13-21(25-22)27-17-7-2-3-8-18-27/h4-6,10-11,13-14H,2-3,7-9,12,15-19H2,1H3,(H,23,24,25). The Morgan fingerprint density at radius 2 is 1.78 bits per heavy atom. The van der Waals surface area contributed by atoms with Gasteiger partial charge in [-0.2, -0.15) is 4.98 Å². The van der Waals surface area contributed by atoms with Gasteiger partial charge >= 0.3 is 0 Å². The van der Waals surface area contributed by atoms with Crippen molar-refractivity contribution in [2.24, 2.45) is 0 Å². The van der Waals surface area contributed by atoms with Gasteiger partial charge in [-0.1, -0.05) is 43.2 Å². The van der Waals surface area contributed by atoms with Crippen molar-refractivity contribution in [2.45, 2.75) is 38.5 Å². The van der Waals surface area contributed by atoms with Gasteiger partial charge in [0.1, 0.15) is 5.82 Å². The summed E-state index contributed by atoms with van der Waals surface area (Å²) in [6, 6.07) is 12.7. The topological polar surface area (TPSA) is 44.3 Å². The molecule has 5 heteroatoms. The highest BCUT2D eigenvalue weighted by Crippen LogP contribution is 2.17. The molecule has 146 valence electrons. The molecule has 27 heavy (non-hydrogen) atoms. The number of hydrogen-bond donors (Lipinski definition) is 1. The summed E-state index contributed by atoms with van der Waals surface area (Å²) in [5.74, 6) is 1.81. The molecule has 0 radical (unpaired) electrons. The molecule has 0 saturated carbocycles. The summed E-state index contributed by atoms with van der Waals surface area (Å²) >= 11 is 0. The minimum absolute atomic E-state index is 0.745. The second-order valence-corrected chi connectivity index (χ2v) is 7.46. The maximum absolute atomic E-state index is 4.72. The van der Waals surface area contributed by atoms with Crippen molar-refractivity contribution in [3.63, 3.8) is 0 Å². The first-order valence-corrected chi connectivity index (χ1v) is 10.4. The van der Waals surface area contributed by atoms with Crippen molar-refractivity contribution >= 4 is 11.8 Å². The summed E-state index contributed by atoms with van der Waals surface area (Å²) < 4.78 is 0. The fourth-order valence-corrected chi connectivity index (χ4v) is 3.58. The molecular formula is C22H33N5. The summed E-state index contributed by atoms with van der Waals surface area (Å²) in [5.41, 5.74) is 1.42. The molecule has 1 aromatic heterocycles. The number of likely N-dealkylation sites (N-methyl/N-ethyl adjacent to an activating group) is 1. The van der Waals surface area contributed by atoms with E-state index in [1.807, 2.05) is 12.3 Å². The molecule has 2 heterocycles. The number of aromatic nitrogens is 2. The van der Waals surface area contributed by atoms with E-state index in [1.165, 1.54) is 37.7 Å². The minimum atomic E-state index is 0.745. The molecule has 0 atom stereocenters. The zero-order valence-electron chi connectivity index (χ0n) is 16.6. The molecule has 0 bridgehead atoms. The highest BCUT2D eigenvalue weighted by atomic mass is 15.2. The van der Waals surface area contributed by atoms with E-state index in [-0.39, 0.29) is 0 Å². The summed E-state index contributed by atoms with van der Waals surface area (Å²) in [6.07, 6.45) is 9.40. The largest absolute Gasteiger partial charge is 0.356 e. The zero-order chi connectivity index (χ0) is 18.7. The quantitative estimate of drug-likeness (QED) is 0.730.